The van der Waals surface area contributed by atoms with E-state index in [0.717, 1.165) is 10.7 Å². The van der Waals surface area contributed by atoms with E-state index in [1.165, 1.54) is 0 Å². The summed E-state index contributed by atoms with van der Waals surface area (Å²) in [4.78, 5) is 8.21. The van der Waals surface area contributed by atoms with Crippen LogP contribution in [0, 0.1) is 6.92 Å². The third-order valence-corrected chi connectivity index (χ3v) is 2.80. The van der Waals surface area contributed by atoms with Crippen LogP contribution in [0.4, 0.5) is 0 Å². The minimum atomic E-state index is 0.465. The molecule has 0 aliphatic heterocycles. The maximum absolute atomic E-state index is 5.65. The molecular weight excluding hydrogens is 232 g/mol. The SMILES string of the molecule is Cc1nc(COc2ccc(Cl)nc2)cs1. The summed E-state index contributed by atoms with van der Waals surface area (Å²) in [7, 11) is 0. The molecule has 2 aromatic heterocycles. The smallest absolute Gasteiger partial charge is 0.138 e. The average molecular weight is 241 g/mol. The van der Waals surface area contributed by atoms with Gasteiger partial charge in [0.1, 0.15) is 17.5 Å². The number of pyridine rings is 1. The van der Waals surface area contributed by atoms with E-state index in [2.05, 4.69) is 9.97 Å². The highest BCUT2D eigenvalue weighted by atomic mass is 35.5. The Hall–Kier alpha value is -1.13. The summed E-state index contributed by atoms with van der Waals surface area (Å²) in [5.41, 5.74) is 0.937. The Morgan fingerprint density at radius 3 is 2.93 bits per heavy atom. The lowest BCUT2D eigenvalue weighted by atomic mass is 10.4. The molecule has 0 aliphatic rings. The minimum Gasteiger partial charge on any atom is -0.486 e. The summed E-state index contributed by atoms with van der Waals surface area (Å²) in [6, 6.07) is 3.48. The van der Waals surface area contributed by atoms with Gasteiger partial charge in [-0.05, 0) is 19.1 Å². The Bertz CT molecular complexity index is 441. The molecule has 2 rings (SSSR count). The fourth-order valence-electron chi connectivity index (χ4n) is 1.08. The predicted octanol–water partition coefficient (Wildman–Crippen LogP) is 3.08. The molecule has 78 valence electrons. The van der Waals surface area contributed by atoms with E-state index in [1.54, 1.807) is 29.7 Å². The van der Waals surface area contributed by atoms with Crippen LogP contribution in [0.15, 0.2) is 23.7 Å². The first-order valence-corrected chi connectivity index (χ1v) is 5.65. The molecule has 2 aromatic rings. The highest BCUT2D eigenvalue weighted by Crippen LogP contribution is 2.15. The number of nitrogens with zero attached hydrogens (tertiary/aromatic N) is 2. The standard InChI is InChI=1S/C10H9ClN2OS/c1-7-13-8(6-15-7)5-14-9-2-3-10(11)12-4-9/h2-4,6H,5H2,1H3. The number of halogens is 1. The van der Waals surface area contributed by atoms with E-state index in [1.807, 2.05) is 12.3 Å². The van der Waals surface area contributed by atoms with E-state index in [4.69, 9.17) is 16.3 Å². The highest BCUT2D eigenvalue weighted by Gasteiger charge is 2.00. The fraction of sp³-hybridized carbons (Fsp3) is 0.200. The molecule has 2 heterocycles. The molecule has 0 aliphatic carbocycles. The summed E-state index contributed by atoms with van der Waals surface area (Å²) in [6.07, 6.45) is 1.60. The van der Waals surface area contributed by atoms with Gasteiger partial charge in [0.15, 0.2) is 0 Å². The molecule has 0 unspecified atom stereocenters. The molecule has 3 nitrogen and oxygen atoms in total. The van der Waals surface area contributed by atoms with E-state index in [-0.39, 0.29) is 0 Å². The number of thiazole rings is 1. The van der Waals surface area contributed by atoms with Gasteiger partial charge in [0.05, 0.1) is 16.9 Å². The van der Waals surface area contributed by atoms with Gasteiger partial charge in [-0.3, -0.25) is 0 Å². The number of aryl methyl sites for hydroxylation is 1. The molecule has 0 spiro atoms. The van der Waals surface area contributed by atoms with Gasteiger partial charge >= 0.3 is 0 Å². The van der Waals surface area contributed by atoms with Crippen LogP contribution in [-0.2, 0) is 6.61 Å². The van der Waals surface area contributed by atoms with Crippen LogP contribution in [0.25, 0.3) is 0 Å². The Balaban J connectivity index is 1.96. The quantitative estimate of drug-likeness (QED) is 0.774. The van der Waals surface area contributed by atoms with Crippen molar-refractivity contribution in [1.82, 2.24) is 9.97 Å². The highest BCUT2D eigenvalue weighted by molar-refractivity contribution is 7.09. The largest absolute Gasteiger partial charge is 0.486 e. The zero-order chi connectivity index (χ0) is 10.7. The maximum atomic E-state index is 5.65. The third kappa shape index (κ3) is 2.91. The van der Waals surface area contributed by atoms with Crippen LogP contribution in [-0.4, -0.2) is 9.97 Å². The number of ether oxygens (including phenoxy) is 1. The molecule has 0 fully saturated rings. The van der Waals surface area contributed by atoms with Crippen LogP contribution >= 0.6 is 22.9 Å². The summed E-state index contributed by atoms with van der Waals surface area (Å²) in [5, 5.41) is 3.49. The summed E-state index contributed by atoms with van der Waals surface area (Å²) in [6.45, 7) is 2.44. The van der Waals surface area contributed by atoms with Crippen molar-refractivity contribution in [1.29, 1.82) is 0 Å². The van der Waals surface area contributed by atoms with Gasteiger partial charge < -0.3 is 4.74 Å². The second-order valence-corrected chi connectivity index (χ2v) is 4.41. The van der Waals surface area contributed by atoms with E-state index in [9.17, 15) is 0 Å². The number of aromatic nitrogens is 2. The van der Waals surface area contributed by atoms with Crippen molar-refractivity contribution in [3.05, 3.63) is 39.6 Å². The van der Waals surface area contributed by atoms with E-state index >= 15 is 0 Å². The summed E-state index contributed by atoms with van der Waals surface area (Å²) < 4.78 is 5.48. The van der Waals surface area contributed by atoms with Crippen molar-refractivity contribution >= 4 is 22.9 Å². The monoisotopic (exact) mass is 240 g/mol. The first-order chi connectivity index (χ1) is 7.24. The van der Waals surface area contributed by atoms with Crippen molar-refractivity contribution < 1.29 is 4.74 Å². The van der Waals surface area contributed by atoms with Gasteiger partial charge in [0.2, 0.25) is 0 Å². The lowest BCUT2D eigenvalue weighted by Gasteiger charge is -2.02. The van der Waals surface area contributed by atoms with Gasteiger partial charge in [-0.25, -0.2) is 9.97 Å². The topological polar surface area (TPSA) is 35.0 Å². The lowest BCUT2D eigenvalue weighted by molar-refractivity contribution is 0.301. The van der Waals surface area contributed by atoms with Crippen LogP contribution in [0.3, 0.4) is 0 Å². The normalized spacial score (nSPS) is 10.3. The molecule has 0 radical (unpaired) electrons. The van der Waals surface area contributed by atoms with Crippen LogP contribution in [0.1, 0.15) is 10.7 Å². The molecule has 0 atom stereocenters. The fourth-order valence-corrected chi connectivity index (χ4v) is 1.79. The summed E-state index contributed by atoms with van der Waals surface area (Å²) >= 11 is 7.27. The first-order valence-electron chi connectivity index (χ1n) is 4.39. The van der Waals surface area contributed by atoms with Crippen molar-refractivity contribution in [2.75, 3.05) is 0 Å². The Morgan fingerprint density at radius 2 is 2.33 bits per heavy atom. The molecule has 0 N–H and O–H groups in total. The minimum absolute atomic E-state index is 0.465. The number of rotatable bonds is 3. The molecular formula is C10H9ClN2OS. The van der Waals surface area contributed by atoms with Gasteiger partial charge in [-0.15, -0.1) is 11.3 Å². The second-order valence-electron chi connectivity index (χ2n) is 2.96. The van der Waals surface area contributed by atoms with Gasteiger partial charge in [0, 0.05) is 5.38 Å². The van der Waals surface area contributed by atoms with Crippen molar-refractivity contribution in [2.45, 2.75) is 13.5 Å². The molecule has 0 saturated carbocycles. The molecule has 0 saturated heterocycles. The van der Waals surface area contributed by atoms with E-state index in [0.29, 0.717) is 17.5 Å². The van der Waals surface area contributed by atoms with Gasteiger partial charge in [-0.2, -0.15) is 0 Å². The van der Waals surface area contributed by atoms with Gasteiger partial charge in [-0.1, -0.05) is 11.6 Å². The third-order valence-electron chi connectivity index (χ3n) is 1.75. The average Bonchev–Trinajstić information content (AvgIpc) is 2.64. The maximum Gasteiger partial charge on any atom is 0.138 e. The molecule has 0 bridgehead atoms. The number of hydrogen-bond acceptors (Lipinski definition) is 4. The van der Waals surface area contributed by atoms with Crippen LogP contribution < -0.4 is 4.74 Å². The van der Waals surface area contributed by atoms with E-state index < -0.39 is 0 Å². The van der Waals surface area contributed by atoms with Crippen molar-refractivity contribution in [3.8, 4) is 5.75 Å². The molecule has 0 aromatic carbocycles. The lowest BCUT2D eigenvalue weighted by Crippen LogP contribution is -1.95. The number of hydrogen-bond donors (Lipinski definition) is 0. The van der Waals surface area contributed by atoms with Crippen molar-refractivity contribution in [2.24, 2.45) is 0 Å². The zero-order valence-corrected chi connectivity index (χ0v) is 9.68. The Kier molecular flexibility index (Phi) is 3.18. The second kappa shape index (κ2) is 4.59. The van der Waals surface area contributed by atoms with Crippen LogP contribution in [0.5, 0.6) is 5.75 Å². The molecule has 0 amide bonds. The Labute approximate surface area is 96.7 Å². The predicted molar refractivity (Wildman–Crippen MR) is 60.4 cm³/mol. The zero-order valence-electron chi connectivity index (χ0n) is 8.11. The van der Waals surface area contributed by atoms with Gasteiger partial charge in [0.25, 0.3) is 0 Å². The first kappa shape index (κ1) is 10.4. The van der Waals surface area contributed by atoms with Crippen molar-refractivity contribution in [3.63, 3.8) is 0 Å². The van der Waals surface area contributed by atoms with Crippen LogP contribution in [0.2, 0.25) is 5.15 Å². The molecule has 15 heavy (non-hydrogen) atoms. The molecule has 5 heteroatoms. The summed E-state index contributed by atoms with van der Waals surface area (Å²) in [5.74, 6) is 0.699. The Morgan fingerprint density at radius 1 is 1.47 bits per heavy atom.